The Labute approximate surface area is 313 Å². The number of hydrogen-bond donors (Lipinski definition) is 0. The minimum atomic E-state index is -4.30. The van der Waals surface area contributed by atoms with Gasteiger partial charge in [0.05, 0.1) is 58.6 Å². The van der Waals surface area contributed by atoms with E-state index in [0.29, 0.717) is 52.4 Å². The average Bonchev–Trinajstić information content (AvgIpc) is 3.97. The van der Waals surface area contributed by atoms with Crippen molar-refractivity contribution in [1.29, 1.82) is 0 Å². The van der Waals surface area contributed by atoms with E-state index in [1.54, 1.807) is 59.8 Å². The highest BCUT2D eigenvalue weighted by atomic mass is 35.5. The summed E-state index contributed by atoms with van der Waals surface area (Å²) >= 11 is 11.8. The van der Waals surface area contributed by atoms with Crippen molar-refractivity contribution in [3.8, 4) is 45.0 Å². The molecule has 276 valence electrons. The van der Waals surface area contributed by atoms with Gasteiger partial charge in [0, 0.05) is 72.5 Å². The third-order valence-corrected chi connectivity index (χ3v) is 9.13. The van der Waals surface area contributed by atoms with E-state index in [9.17, 15) is 26.3 Å². The molecule has 0 aliphatic heterocycles. The van der Waals surface area contributed by atoms with Crippen LogP contribution in [-0.4, -0.2) is 50.7 Å². The Morgan fingerprint density at radius 1 is 0.593 bits per heavy atom. The maximum Gasteiger partial charge on any atom is 0.390 e. The van der Waals surface area contributed by atoms with Crippen molar-refractivity contribution in [3.63, 3.8) is 0 Å². The van der Waals surface area contributed by atoms with E-state index in [0.717, 1.165) is 16.9 Å². The third-order valence-electron chi connectivity index (χ3n) is 8.55. The van der Waals surface area contributed by atoms with Crippen LogP contribution in [0, 0.1) is 11.6 Å². The van der Waals surface area contributed by atoms with Gasteiger partial charge in [-0.25, -0.2) is 28.7 Å². The SMILES string of the molecule is FCCCn1cnc(-c2ccc(F)c(Cl)c2)c1-c1ccc2nccn2c1.Fc1ccc(-c2ncn(CCC(F)(F)F)c2-c2ccc3nccn3c2)cc1Cl. The lowest BCUT2D eigenvalue weighted by atomic mass is 10.1. The summed E-state index contributed by atoms with van der Waals surface area (Å²) in [6.07, 6.45) is 8.78. The van der Waals surface area contributed by atoms with Gasteiger partial charge in [0.1, 0.15) is 22.9 Å². The number of benzene rings is 2. The first-order valence-electron chi connectivity index (χ1n) is 16.5. The fourth-order valence-corrected chi connectivity index (χ4v) is 6.38. The van der Waals surface area contributed by atoms with Crippen molar-refractivity contribution < 1.29 is 26.3 Å². The van der Waals surface area contributed by atoms with Crippen LogP contribution < -0.4 is 0 Å². The summed E-state index contributed by atoms with van der Waals surface area (Å²) in [6, 6.07) is 16.0. The van der Waals surface area contributed by atoms with Crippen LogP contribution in [0.3, 0.4) is 0 Å². The van der Waals surface area contributed by atoms with Crippen molar-refractivity contribution in [2.45, 2.75) is 32.1 Å². The molecule has 8 nitrogen and oxygen atoms in total. The molecule has 0 bridgehead atoms. The lowest BCUT2D eigenvalue weighted by Gasteiger charge is -2.13. The van der Waals surface area contributed by atoms with Gasteiger partial charge >= 0.3 is 6.18 Å². The Morgan fingerprint density at radius 3 is 1.50 bits per heavy atom. The Hall–Kier alpha value is -5.60. The van der Waals surface area contributed by atoms with Gasteiger partial charge in [0.25, 0.3) is 0 Å². The number of aromatic nitrogens is 8. The molecule has 8 rings (SSSR count). The van der Waals surface area contributed by atoms with Gasteiger partial charge in [-0.05, 0) is 67.1 Å². The zero-order valence-corrected chi connectivity index (χ0v) is 29.5. The second-order valence-electron chi connectivity index (χ2n) is 12.2. The fraction of sp³-hybridized carbons (Fsp3) is 0.158. The van der Waals surface area contributed by atoms with Crippen LogP contribution in [-0.2, 0) is 13.1 Å². The van der Waals surface area contributed by atoms with E-state index in [1.807, 2.05) is 33.5 Å². The molecular weight excluding hydrogens is 753 g/mol. The highest BCUT2D eigenvalue weighted by molar-refractivity contribution is 6.31. The summed E-state index contributed by atoms with van der Waals surface area (Å²) in [4.78, 5) is 17.2. The molecule has 8 aromatic rings. The van der Waals surface area contributed by atoms with Crippen LogP contribution in [0.2, 0.25) is 10.0 Å². The molecule has 16 heteroatoms. The molecule has 0 saturated heterocycles. The number of hydrogen-bond acceptors (Lipinski definition) is 4. The topological polar surface area (TPSA) is 70.2 Å². The summed E-state index contributed by atoms with van der Waals surface area (Å²) in [6.45, 7) is -0.200. The van der Waals surface area contributed by atoms with Crippen LogP contribution in [0.25, 0.3) is 56.3 Å². The number of imidazole rings is 4. The minimum Gasteiger partial charge on any atom is -0.330 e. The van der Waals surface area contributed by atoms with E-state index >= 15 is 0 Å². The first-order valence-corrected chi connectivity index (χ1v) is 17.2. The number of aryl methyl sites for hydroxylation is 2. The van der Waals surface area contributed by atoms with Crippen LogP contribution >= 0.6 is 23.2 Å². The molecule has 0 atom stereocenters. The second-order valence-corrected chi connectivity index (χ2v) is 13.0. The molecule has 0 amide bonds. The molecule has 0 spiro atoms. The van der Waals surface area contributed by atoms with Crippen molar-refractivity contribution in [1.82, 2.24) is 37.9 Å². The predicted molar refractivity (Wildman–Crippen MR) is 195 cm³/mol. The summed E-state index contributed by atoms with van der Waals surface area (Å²) in [7, 11) is 0. The average molecular weight is 782 g/mol. The minimum absolute atomic E-state index is 0.0387. The number of rotatable bonds is 9. The number of halogens is 8. The molecule has 0 fully saturated rings. The Bertz CT molecular complexity index is 2570. The summed E-state index contributed by atoms with van der Waals surface area (Å²) in [5, 5.41) is -0.0461. The first kappa shape index (κ1) is 36.7. The molecule has 0 unspecified atom stereocenters. The van der Waals surface area contributed by atoms with Crippen molar-refractivity contribution in [2.24, 2.45) is 0 Å². The molecule has 2 aromatic carbocycles. The second kappa shape index (κ2) is 15.4. The summed E-state index contributed by atoms with van der Waals surface area (Å²) < 4.78 is 85.1. The normalized spacial score (nSPS) is 11.7. The fourth-order valence-electron chi connectivity index (χ4n) is 6.02. The van der Waals surface area contributed by atoms with Crippen molar-refractivity contribution in [3.05, 3.63) is 132 Å². The Morgan fingerprint density at radius 2 is 1.06 bits per heavy atom. The molecule has 0 N–H and O–H groups in total. The third kappa shape index (κ3) is 7.85. The maximum atomic E-state index is 13.5. The summed E-state index contributed by atoms with van der Waals surface area (Å²) in [5.74, 6) is -1.06. The zero-order chi connectivity index (χ0) is 38.0. The molecule has 6 heterocycles. The predicted octanol–water partition coefficient (Wildman–Crippen LogP) is 10.6. The highest BCUT2D eigenvalue weighted by Crippen LogP contribution is 2.35. The number of alkyl halides is 4. The van der Waals surface area contributed by atoms with Crippen LogP contribution in [0.5, 0.6) is 0 Å². The molecule has 54 heavy (non-hydrogen) atoms. The van der Waals surface area contributed by atoms with E-state index < -0.39 is 30.9 Å². The number of fused-ring (bicyclic) bond motifs is 2. The number of nitrogens with zero attached hydrogens (tertiary/aromatic N) is 8. The monoisotopic (exact) mass is 780 g/mol. The quantitative estimate of drug-likeness (QED) is 0.137. The van der Waals surface area contributed by atoms with Gasteiger partial charge in [-0.1, -0.05) is 23.2 Å². The molecule has 0 aliphatic carbocycles. The van der Waals surface area contributed by atoms with Gasteiger partial charge in [-0.3, -0.25) is 4.39 Å². The largest absolute Gasteiger partial charge is 0.390 e. The molecular formula is C38H28Cl2F6N8. The van der Waals surface area contributed by atoms with Gasteiger partial charge in [0.15, 0.2) is 0 Å². The lowest BCUT2D eigenvalue weighted by Crippen LogP contribution is -2.12. The molecule has 6 aromatic heterocycles. The number of pyridine rings is 2. The van der Waals surface area contributed by atoms with Gasteiger partial charge < -0.3 is 17.9 Å². The Kier molecular flexibility index (Phi) is 10.5. The van der Waals surface area contributed by atoms with Crippen LogP contribution in [0.1, 0.15) is 12.8 Å². The molecule has 0 aliphatic rings. The highest BCUT2D eigenvalue weighted by Gasteiger charge is 2.28. The lowest BCUT2D eigenvalue weighted by molar-refractivity contribution is -0.136. The van der Waals surface area contributed by atoms with Crippen LogP contribution in [0.15, 0.2) is 110 Å². The van der Waals surface area contributed by atoms with Crippen molar-refractivity contribution >= 4 is 34.5 Å². The zero-order valence-electron chi connectivity index (χ0n) is 28.0. The van der Waals surface area contributed by atoms with E-state index in [-0.39, 0.29) is 16.6 Å². The van der Waals surface area contributed by atoms with E-state index in [2.05, 4.69) is 19.9 Å². The maximum absolute atomic E-state index is 13.5. The standard InChI is InChI=1S/C19H13ClF4N4.C19H15ClF2N4/c20-14-9-12(1-3-15(14)21)17-18(28(11-26-17)7-5-19(22,23)24)13-2-4-16-25-6-8-27(16)10-13;20-15-10-13(2-4-16(15)22)18-19(26(12-24-18)8-1-6-21)14-3-5-17-23-7-9-25(17)11-14/h1-4,6,8-11H,5,7H2;2-5,7,9-12H,1,6,8H2. The smallest absolute Gasteiger partial charge is 0.330 e. The van der Waals surface area contributed by atoms with Gasteiger partial charge in [0.2, 0.25) is 0 Å². The van der Waals surface area contributed by atoms with E-state index in [1.165, 1.54) is 35.2 Å². The van der Waals surface area contributed by atoms with Crippen molar-refractivity contribution in [2.75, 3.05) is 6.67 Å². The first-order chi connectivity index (χ1) is 26.0. The summed E-state index contributed by atoms with van der Waals surface area (Å²) in [5.41, 5.74) is 6.72. The molecule has 0 saturated carbocycles. The Balaban J connectivity index is 0.000000167. The van der Waals surface area contributed by atoms with Gasteiger partial charge in [-0.15, -0.1) is 0 Å². The van der Waals surface area contributed by atoms with Gasteiger partial charge in [-0.2, -0.15) is 13.2 Å². The molecule has 0 radical (unpaired) electrons. The van der Waals surface area contributed by atoms with Crippen LogP contribution in [0.4, 0.5) is 26.3 Å². The van der Waals surface area contributed by atoms with E-state index in [4.69, 9.17) is 23.2 Å².